The molecule has 0 radical (unpaired) electrons. The largest absolute Gasteiger partial charge is 0.469 e. The Hall–Kier alpha value is -3.68. The van der Waals surface area contributed by atoms with Crippen molar-refractivity contribution in [3.8, 4) is 0 Å². The Morgan fingerprint density at radius 2 is 1.94 bits per heavy atom. The Morgan fingerprint density at radius 3 is 2.58 bits per heavy atom. The van der Waals surface area contributed by atoms with Crippen molar-refractivity contribution in [1.82, 2.24) is 10.3 Å². The molecule has 172 valence electrons. The van der Waals surface area contributed by atoms with Crippen molar-refractivity contribution in [3.63, 3.8) is 0 Å². The molecule has 0 aromatic carbocycles. The summed E-state index contributed by atoms with van der Waals surface area (Å²) in [7, 11) is 0. The molecule has 0 spiro atoms. The SMILES string of the molecule is CCOC(=O)C1=C(C)NC2=C(C(=O)[C@H](C(=O)OCC)[C@@H](c3ccco3)C2)[C@H]1c1ccccn1. The summed E-state index contributed by atoms with van der Waals surface area (Å²) >= 11 is 0. The van der Waals surface area contributed by atoms with Crippen molar-refractivity contribution in [3.05, 3.63) is 76.8 Å². The van der Waals surface area contributed by atoms with Crippen LogP contribution in [0.5, 0.6) is 0 Å². The lowest BCUT2D eigenvalue weighted by molar-refractivity contribution is -0.152. The third-order valence-corrected chi connectivity index (χ3v) is 5.95. The molecule has 0 bridgehead atoms. The van der Waals surface area contributed by atoms with Crippen LogP contribution in [0.15, 0.2) is 69.7 Å². The first-order valence-corrected chi connectivity index (χ1v) is 11.0. The monoisotopic (exact) mass is 450 g/mol. The molecule has 2 aromatic rings. The minimum Gasteiger partial charge on any atom is -0.469 e. The molecule has 0 saturated heterocycles. The van der Waals surface area contributed by atoms with Gasteiger partial charge in [-0.15, -0.1) is 0 Å². The molecule has 0 fully saturated rings. The van der Waals surface area contributed by atoms with E-state index in [0.717, 1.165) is 0 Å². The molecular formula is C25H26N2O6. The van der Waals surface area contributed by atoms with E-state index in [0.29, 0.717) is 40.4 Å². The molecular weight excluding hydrogens is 424 g/mol. The van der Waals surface area contributed by atoms with E-state index in [-0.39, 0.29) is 13.2 Å². The highest BCUT2D eigenvalue weighted by atomic mass is 16.5. The molecule has 0 unspecified atom stereocenters. The van der Waals surface area contributed by atoms with Crippen LogP contribution in [0.4, 0.5) is 0 Å². The minimum absolute atomic E-state index is 0.147. The minimum atomic E-state index is -1.09. The van der Waals surface area contributed by atoms with Crippen LogP contribution in [0, 0.1) is 5.92 Å². The highest BCUT2D eigenvalue weighted by molar-refractivity contribution is 6.13. The lowest BCUT2D eigenvalue weighted by atomic mass is 9.69. The first-order valence-electron chi connectivity index (χ1n) is 11.0. The summed E-state index contributed by atoms with van der Waals surface area (Å²) in [6, 6.07) is 8.79. The molecule has 8 nitrogen and oxygen atoms in total. The number of dihydropyridines is 1. The number of hydrogen-bond acceptors (Lipinski definition) is 8. The number of esters is 2. The molecule has 1 aliphatic heterocycles. The van der Waals surface area contributed by atoms with Gasteiger partial charge < -0.3 is 19.2 Å². The highest BCUT2D eigenvalue weighted by Crippen LogP contribution is 2.47. The second kappa shape index (κ2) is 9.44. The van der Waals surface area contributed by atoms with Crippen LogP contribution in [-0.2, 0) is 23.9 Å². The number of ketones is 1. The fraction of sp³-hybridized carbons (Fsp3) is 0.360. The number of furan rings is 1. The van der Waals surface area contributed by atoms with Crippen molar-refractivity contribution in [2.24, 2.45) is 5.92 Å². The van der Waals surface area contributed by atoms with E-state index in [1.165, 1.54) is 6.26 Å². The van der Waals surface area contributed by atoms with Gasteiger partial charge in [0.25, 0.3) is 0 Å². The number of aromatic nitrogens is 1. The number of ether oxygens (including phenoxy) is 2. The lowest BCUT2D eigenvalue weighted by Gasteiger charge is -2.38. The first-order chi connectivity index (χ1) is 16.0. The van der Waals surface area contributed by atoms with Gasteiger partial charge in [-0.25, -0.2) is 4.79 Å². The molecule has 0 saturated carbocycles. The second-order valence-electron chi connectivity index (χ2n) is 7.88. The maximum Gasteiger partial charge on any atom is 0.336 e. The molecule has 33 heavy (non-hydrogen) atoms. The number of nitrogens with one attached hydrogen (secondary N) is 1. The lowest BCUT2D eigenvalue weighted by Crippen LogP contribution is -2.43. The molecule has 4 rings (SSSR count). The summed E-state index contributed by atoms with van der Waals surface area (Å²) in [5.74, 6) is -3.40. The van der Waals surface area contributed by atoms with Crippen LogP contribution in [-0.4, -0.2) is 35.9 Å². The van der Waals surface area contributed by atoms with E-state index in [1.54, 1.807) is 57.3 Å². The van der Waals surface area contributed by atoms with Crippen LogP contribution in [0.1, 0.15) is 50.5 Å². The molecule has 0 amide bonds. The highest BCUT2D eigenvalue weighted by Gasteiger charge is 2.50. The maximum atomic E-state index is 14.0. The Morgan fingerprint density at radius 1 is 1.15 bits per heavy atom. The number of Topliss-reactive ketones (excluding diaryl/α,β-unsaturated/α-hetero) is 1. The van der Waals surface area contributed by atoms with Gasteiger partial charge in [0.05, 0.1) is 36.7 Å². The molecule has 1 N–H and O–H groups in total. The summed E-state index contributed by atoms with van der Waals surface area (Å²) in [6.45, 7) is 5.53. The number of allylic oxidation sites excluding steroid dienone is 3. The fourth-order valence-corrected chi connectivity index (χ4v) is 4.63. The van der Waals surface area contributed by atoms with Gasteiger partial charge in [0.15, 0.2) is 5.78 Å². The van der Waals surface area contributed by atoms with E-state index in [9.17, 15) is 14.4 Å². The molecule has 3 atom stereocenters. The van der Waals surface area contributed by atoms with Crippen LogP contribution in [0.3, 0.4) is 0 Å². The van der Waals surface area contributed by atoms with Gasteiger partial charge in [0.2, 0.25) is 0 Å². The third-order valence-electron chi connectivity index (χ3n) is 5.95. The molecule has 2 aromatic heterocycles. The summed E-state index contributed by atoms with van der Waals surface area (Å²) in [4.78, 5) is 44.3. The van der Waals surface area contributed by atoms with Crippen LogP contribution in [0.2, 0.25) is 0 Å². The molecule has 3 heterocycles. The van der Waals surface area contributed by atoms with E-state index in [4.69, 9.17) is 13.9 Å². The standard InChI is InChI=1S/C25H26N2O6/c1-4-31-24(29)19-14(3)27-17-13-15(18-10-8-12-33-18)20(25(30)32-5-2)23(28)22(17)21(19)16-9-6-7-11-26-16/h6-12,15,20-21,27H,4-5,13H2,1-3H3/t15-,20-,21+/m1/s1. The topological polar surface area (TPSA) is 108 Å². The average molecular weight is 450 g/mol. The van der Waals surface area contributed by atoms with Gasteiger partial charge in [-0.3, -0.25) is 14.6 Å². The van der Waals surface area contributed by atoms with E-state index in [2.05, 4.69) is 10.3 Å². The zero-order chi connectivity index (χ0) is 23.5. The van der Waals surface area contributed by atoms with Crippen molar-refractivity contribution in [1.29, 1.82) is 0 Å². The van der Waals surface area contributed by atoms with Gasteiger partial charge in [0, 0.05) is 29.1 Å². The third kappa shape index (κ3) is 4.08. The van der Waals surface area contributed by atoms with Crippen LogP contribution < -0.4 is 5.32 Å². The Kier molecular flexibility index (Phi) is 6.44. The molecule has 2 aliphatic rings. The van der Waals surface area contributed by atoms with Gasteiger partial charge in [-0.05, 0) is 51.5 Å². The van der Waals surface area contributed by atoms with E-state index in [1.807, 2.05) is 0 Å². The predicted octanol–water partition coefficient (Wildman–Crippen LogP) is 3.39. The van der Waals surface area contributed by atoms with Gasteiger partial charge >= 0.3 is 11.9 Å². The number of rotatable bonds is 6. The Labute approximate surface area is 191 Å². The summed E-state index contributed by atoms with van der Waals surface area (Å²) in [5, 5.41) is 3.24. The summed E-state index contributed by atoms with van der Waals surface area (Å²) in [5.41, 5.74) is 2.40. The summed E-state index contributed by atoms with van der Waals surface area (Å²) < 4.78 is 16.2. The van der Waals surface area contributed by atoms with Crippen molar-refractivity contribution in [2.75, 3.05) is 13.2 Å². The molecule has 1 aliphatic carbocycles. The van der Waals surface area contributed by atoms with Gasteiger partial charge in [0.1, 0.15) is 11.7 Å². The van der Waals surface area contributed by atoms with E-state index >= 15 is 0 Å². The number of pyridine rings is 1. The second-order valence-corrected chi connectivity index (χ2v) is 7.88. The quantitative estimate of drug-likeness (QED) is 0.527. The van der Waals surface area contributed by atoms with Gasteiger partial charge in [-0.1, -0.05) is 6.07 Å². The predicted molar refractivity (Wildman–Crippen MR) is 118 cm³/mol. The zero-order valence-corrected chi connectivity index (χ0v) is 18.8. The number of carbonyl (C=O) groups is 3. The van der Waals surface area contributed by atoms with Crippen LogP contribution >= 0.6 is 0 Å². The normalized spacial score (nSPS) is 22.5. The van der Waals surface area contributed by atoms with Crippen molar-refractivity contribution >= 4 is 17.7 Å². The van der Waals surface area contributed by atoms with E-state index < -0.39 is 35.5 Å². The number of nitrogens with zero attached hydrogens (tertiary/aromatic N) is 1. The Bertz CT molecular complexity index is 1120. The Balaban J connectivity index is 1.87. The molecule has 8 heteroatoms. The number of carbonyl (C=O) groups excluding carboxylic acids is 3. The van der Waals surface area contributed by atoms with Crippen LogP contribution in [0.25, 0.3) is 0 Å². The first kappa shape index (κ1) is 22.5. The van der Waals surface area contributed by atoms with Crippen molar-refractivity contribution < 1.29 is 28.3 Å². The number of hydrogen-bond donors (Lipinski definition) is 1. The fourth-order valence-electron chi connectivity index (χ4n) is 4.63. The summed E-state index contributed by atoms with van der Waals surface area (Å²) in [6.07, 6.45) is 3.47. The average Bonchev–Trinajstić information content (AvgIpc) is 3.33. The maximum absolute atomic E-state index is 14.0. The zero-order valence-electron chi connectivity index (χ0n) is 18.8. The smallest absolute Gasteiger partial charge is 0.336 e. The van der Waals surface area contributed by atoms with Gasteiger partial charge in [-0.2, -0.15) is 0 Å². The van der Waals surface area contributed by atoms with Crippen molar-refractivity contribution in [2.45, 2.75) is 39.0 Å².